The van der Waals surface area contributed by atoms with Crippen molar-refractivity contribution < 1.29 is 4.74 Å². The number of fused-ring (bicyclic) bond motifs is 3. The van der Waals surface area contributed by atoms with Crippen molar-refractivity contribution in [1.29, 1.82) is 0 Å². The average Bonchev–Trinajstić information content (AvgIpc) is 2.64. The second-order valence-electron chi connectivity index (χ2n) is 8.28. The van der Waals surface area contributed by atoms with E-state index in [1.54, 1.807) is 16.4 Å². The third-order valence-electron chi connectivity index (χ3n) is 6.51. The molecular formula is C24H27NO. The first kappa shape index (κ1) is 16.0. The molecular weight excluding hydrogens is 318 g/mol. The fourth-order valence-corrected chi connectivity index (χ4v) is 5.24. The van der Waals surface area contributed by atoms with Crippen molar-refractivity contribution in [3.8, 4) is 11.5 Å². The summed E-state index contributed by atoms with van der Waals surface area (Å²) in [6.07, 6.45) is 7.51. The van der Waals surface area contributed by atoms with Crippen molar-refractivity contribution in [1.82, 2.24) is 0 Å². The third-order valence-corrected chi connectivity index (χ3v) is 6.51. The maximum atomic E-state index is 6.68. The van der Waals surface area contributed by atoms with Crippen molar-refractivity contribution in [2.75, 3.05) is 19.0 Å². The zero-order valence-corrected chi connectivity index (χ0v) is 16.3. The first-order valence-electron chi connectivity index (χ1n) is 9.93. The largest absolute Gasteiger partial charge is 0.455 e. The van der Waals surface area contributed by atoms with Crippen LogP contribution in [0.3, 0.4) is 0 Å². The molecule has 5 rings (SSSR count). The molecule has 3 aliphatic rings. The summed E-state index contributed by atoms with van der Waals surface area (Å²) in [5, 5.41) is 2.89. The highest BCUT2D eigenvalue weighted by Crippen LogP contribution is 2.41. The summed E-state index contributed by atoms with van der Waals surface area (Å²) in [4.78, 5) is 2.17. The van der Waals surface area contributed by atoms with E-state index in [1.807, 2.05) is 0 Å². The molecule has 2 heteroatoms. The molecule has 2 aromatic rings. The lowest BCUT2D eigenvalue weighted by molar-refractivity contribution is 0.458. The molecule has 2 aliphatic carbocycles. The van der Waals surface area contributed by atoms with E-state index < -0.39 is 0 Å². The maximum absolute atomic E-state index is 6.68. The van der Waals surface area contributed by atoms with Crippen molar-refractivity contribution in [2.24, 2.45) is 0 Å². The van der Waals surface area contributed by atoms with Crippen LogP contribution in [-0.2, 0) is 12.8 Å². The molecule has 0 fully saturated rings. The van der Waals surface area contributed by atoms with Gasteiger partial charge in [0.25, 0.3) is 0 Å². The quantitative estimate of drug-likeness (QED) is 0.768. The van der Waals surface area contributed by atoms with Crippen LogP contribution in [0.1, 0.15) is 54.9 Å². The molecule has 0 saturated heterocycles. The van der Waals surface area contributed by atoms with Crippen LogP contribution in [0.2, 0.25) is 0 Å². The van der Waals surface area contributed by atoms with Crippen LogP contribution in [0, 0.1) is 6.92 Å². The van der Waals surface area contributed by atoms with Gasteiger partial charge in [0.15, 0.2) is 0 Å². The fraction of sp³-hybridized carbons (Fsp3) is 0.417. The Labute approximate surface area is 155 Å². The van der Waals surface area contributed by atoms with Gasteiger partial charge in [0, 0.05) is 41.7 Å². The predicted molar refractivity (Wildman–Crippen MR) is 109 cm³/mol. The van der Waals surface area contributed by atoms with Gasteiger partial charge in [-0.25, -0.2) is 0 Å². The molecule has 0 spiro atoms. The Morgan fingerprint density at radius 2 is 1.69 bits per heavy atom. The molecule has 0 bridgehead atoms. The molecule has 1 aliphatic heterocycles. The lowest BCUT2D eigenvalue weighted by atomic mass is 9.81. The third kappa shape index (κ3) is 2.11. The van der Waals surface area contributed by atoms with Crippen LogP contribution in [0.15, 0.2) is 18.2 Å². The van der Waals surface area contributed by atoms with Crippen LogP contribution >= 0.6 is 0 Å². The van der Waals surface area contributed by atoms with E-state index in [4.69, 9.17) is 4.74 Å². The standard InChI is InChI=1S/C24H27NO/c1-14-18-11-12-21(25(3)4)15(2)23(18)26-24-19-10-6-8-16-7-5-9-17(22(16)19)13-20(14)24/h11-13H,5-10H2,1-4H3. The van der Waals surface area contributed by atoms with Gasteiger partial charge in [-0.3, -0.25) is 0 Å². The SMILES string of the molecule is CC1=c2cc3c4c(c2Oc2c1ccc(N(C)C)c2C)CCCC=4CCC3. The Hall–Kier alpha value is -2.22. The van der Waals surface area contributed by atoms with E-state index in [9.17, 15) is 0 Å². The Balaban J connectivity index is 1.85. The van der Waals surface area contributed by atoms with Crippen molar-refractivity contribution in [3.05, 3.63) is 50.9 Å². The topological polar surface area (TPSA) is 12.5 Å². The molecule has 0 unspecified atom stereocenters. The normalized spacial score (nSPS) is 17.2. The molecule has 0 atom stereocenters. The molecule has 0 radical (unpaired) electrons. The van der Waals surface area contributed by atoms with Crippen molar-refractivity contribution in [2.45, 2.75) is 52.4 Å². The number of hydrogen-bond acceptors (Lipinski definition) is 2. The van der Waals surface area contributed by atoms with E-state index in [-0.39, 0.29) is 0 Å². The molecule has 134 valence electrons. The van der Waals surface area contributed by atoms with Crippen LogP contribution in [0.4, 0.5) is 5.69 Å². The summed E-state index contributed by atoms with van der Waals surface area (Å²) >= 11 is 0. The van der Waals surface area contributed by atoms with E-state index in [1.165, 1.54) is 65.3 Å². The fourth-order valence-electron chi connectivity index (χ4n) is 5.24. The van der Waals surface area contributed by atoms with Gasteiger partial charge in [0.2, 0.25) is 0 Å². The summed E-state index contributed by atoms with van der Waals surface area (Å²) in [5.74, 6) is 2.20. The van der Waals surface area contributed by atoms with Gasteiger partial charge in [-0.2, -0.15) is 0 Å². The van der Waals surface area contributed by atoms with Gasteiger partial charge in [-0.1, -0.05) is 5.57 Å². The predicted octanol–water partition coefficient (Wildman–Crippen LogP) is 4.21. The monoisotopic (exact) mass is 345 g/mol. The lowest BCUT2D eigenvalue weighted by Gasteiger charge is -2.30. The average molecular weight is 345 g/mol. The van der Waals surface area contributed by atoms with Gasteiger partial charge in [0.1, 0.15) is 11.5 Å². The van der Waals surface area contributed by atoms with E-state index in [0.717, 1.165) is 17.9 Å². The molecule has 0 N–H and O–H groups in total. The highest BCUT2D eigenvalue weighted by atomic mass is 16.5. The second-order valence-corrected chi connectivity index (χ2v) is 8.28. The first-order chi connectivity index (χ1) is 12.6. The summed E-state index contributed by atoms with van der Waals surface area (Å²) in [6.45, 7) is 4.46. The maximum Gasteiger partial charge on any atom is 0.139 e. The van der Waals surface area contributed by atoms with Crippen molar-refractivity contribution in [3.63, 3.8) is 0 Å². The van der Waals surface area contributed by atoms with Crippen LogP contribution in [0.25, 0.3) is 11.1 Å². The molecule has 0 amide bonds. The minimum Gasteiger partial charge on any atom is -0.455 e. The van der Waals surface area contributed by atoms with Gasteiger partial charge in [-0.15, -0.1) is 0 Å². The summed E-state index contributed by atoms with van der Waals surface area (Å²) < 4.78 is 6.68. The number of aryl methyl sites for hydroxylation is 1. The van der Waals surface area contributed by atoms with E-state index in [0.29, 0.717) is 0 Å². The Bertz CT molecular complexity index is 1050. The van der Waals surface area contributed by atoms with Crippen LogP contribution < -0.4 is 20.1 Å². The van der Waals surface area contributed by atoms with Gasteiger partial charge in [0.05, 0.1) is 0 Å². The van der Waals surface area contributed by atoms with Crippen LogP contribution in [-0.4, -0.2) is 14.1 Å². The Kier molecular flexibility index (Phi) is 3.47. The lowest BCUT2D eigenvalue weighted by Crippen LogP contribution is -2.32. The summed E-state index contributed by atoms with van der Waals surface area (Å²) in [5.41, 5.74) is 9.82. The molecule has 26 heavy (non-hydrogen) atoms. The van der Waals surface area contributed by atoms with Gasteiger partial charge < -0.3 is 9.64 Å². The summed E-state index contributed by atoms with van der Waals surface area (Å²) in [7, 11) is 4.20. The van der Waals surface area contributed by atoms with Gasteiger partial charge >= 0.3 is 0 Å². The molecule has 0 saturated carbocycles. The molecule has 1 heterocycles. The number of ether oxygens (including phenoxy) is 1. The van der Waals surface area contributed by atoms with Crippen LogP contribution in [0.5, 0.6) is 11.5 Å². The van der Waals surface area contributed by atoms with Gasteiger partial charge in [-0.05, 0) is 86.9 Å². The number of rotatable bonds is 1. The highest BCUT2D eigenvalue weighted by Gasteiger charge is 2.27. The Morgan fingerprint density at radius 3 is 2.46 bits per heavy atom. The van der Waals surface area contributed by atoms with E-state index >= 15 is 0 Å². The van der Waals surface area contributed by atoms with E-state index in [2.05, 4.69) is 51.0 Å². The molecule has 2 nitrogen and oxygen atoms in total. The zero-order chi connectivity index (χ0) is 18.0. The number of anilines is 1. The Morgan fingerprint density at radius 1 is 0.923 bits per heavy atom. The number of hydrogen-bond donors (Lipinski definition) is 0. The second kappa shape index (κ2) is 5.64. The zero-order valence-electron chi connectivity index (χ0n) is 16.3. The first-order valence-corrected chi connectivity index (χ1v) is 9.93. The molecule has 0 aromatic heterocycles. The number of nitrogens with zero attached hydrogens (tertiary/aromatic N) is 1. The highest BCUT2D eigenvalue weighted by molar-refractivity contribution is 5.79. The minimum absolute atomic E-state index is 1.06. The number of benzene rings is 2. The molecule has 2 aromatic carbocycles. The minimum atomic E-state index is 1.06. The van der Waals surface area contributed by atoms with Crippen molar-refractivity contribution >= 4 is 16.8 Å². The summed E-state index contributed by atoms with van der Waals surface area (Å²) in [6, 6.07) is 6.89. The smallest absolute Gasteiger partial charge is 0.139 e.